The van der Waals surface area contributed by atoms with Gasteiger partial charge >= 0.3 is 5.97 Å². The molecule has 0 radical (unpaired) electrons. The van der Waals surface area contributed by atoms with E-state index in [1.807, 2.05) is 72.8 Å². The second-order valence-corrected chi connectivity index (χ2v) is 10.8. The first kappa shape index (κ1) is 26.0. The number of benzene rings is 2. The number of nitrogens with zero attached hydrogens (tertiary/aromatic N) is 4. The highest BCUT2D eigenvalue weighted by Crippen LogP contribution is 2.35. The average molecular weight is 555 g/mol. The molecule has 2 aromatic heterocycles. The van der Waals surface area contributed by atoms with Crippen molar-refractivity contribution < 1.29 is 13.9 Å². The second kappa shape index (κ2) is 11.1. The molecule has 40 heavy (non-hydrogen) atoms. The maximum atomic E-state index is 14.0. The zero-order chi connectivity index (χ0) is 27.6. The third kappa shape index (κ3) is 4.94. The summed E-state index contributed by atoms with van der Waals surface area (Å²) in [6.07, 6.45) is 1.77. The third-order valence-corrected chi connectivity index (χ3v) is 8.17. The molecule has 0 amide bonds. The molecule has 2 aromatic carbocycles. The van der Waals surface area contributed by atoms with E-state index in [1.54, 1.807) is 17.6 Å². The number of anilines is 1. The van der Waals surface area contributed by atoms with Crippen molar-refractivity contribution in [2.75, 3.05) is 44.7 Å². The number of carbonyl (C=O) groups excluding carboxylic acids is 1. The van der Waals surface area contributed by atoms with Crippen LogP contribution in [0.4, 0.5) is 5.88 Å². The van der Waals surface area contributed by atoms with Gasteiger partial charge in [-0.2, -0.15) is 0 Å². The topological polar surface area (TPSA) is 80.3 Å². The number of ether oxygens (including phenoxy) is 1. The van der Waals surface area contributed by atoms with Crippen LogP contribution in [0.15, 0.2) is 92.6 Å². The minimum Gasteiger partial charge on any atom is -0.463 e. The molecule has 0 bridgehead atoms. The summed E-state index contributed by atoms with van der Waals surface area (Å²) in [5.41, 5.74) is 2.21. The van der Waals surface area contributed by atoms with Gasteiger partial charge < -0.3 is 19.0 Å². The molecule has 8 nitrogen and oxygen atoms in total. The zero-order valence-corrected chi connectivity index (χ0v) is 23.3. The minimum atomic E-state index is -0.689. The van der Waals surface area contributed by atoms with Gasteiger partial charge in [-0.05, 0) is 25.6 Å². The monoisotopic (exact) mass is 554 g/mol. The quantitative estimate of drug-likeness (QED) is 0.341. The zero-order valence-electron chi connectivity index (χ0n) is 22.4. The van der Waals surface area contributed by atoms with Crippen LogP contribution in [0.3, 0.4) is 0 Å². The van der Waals surface area contributed by atoms with E-state index in [9.17, 15) is 9.59 Å². The molecule has 2 aliphatic rings. The van der Waals surface area contributed by atoms with Crippen molar-refractivity contribution in [3.63, 3.8) is 0 Å². The fraction of sp³-hybridized carbons (Fsp3) is 0.258. The van der Waals surface area contributed by atoms with Crippen LogP contribution in [0, 0.1) is 0 Å². The molecule has 4 heterocycles. The molecule has 0 unspecified atom stereocenters. The van der Waals surface area contributed by atoms with Crippen molar-refractivity contribution in [2.45, 2.75) is 13.0 Å². The number of furan rings is 1. The van der Waals surface area contributed by atoms with Crippen LogP contribution >= 0.6 is 11.3 Å². The molecular weight excluding hydrogens is 524 g/mol. The summed E-state index contributed by atoms with van der Waals surface area (Å²) < 4.78 is 13.7. The minimum absolute atomic E-state index is 0.213. The van der Waals surface area contributed by atoms with Gasteiger partial charge in [-0.15, -0.1) is 0 Å². The summed E-state index contributed by atoms with van der Waals surface area (Å²) in [6.45, 7) is 5.71. The molecule has 204 valence electrons. The molecule has 0 saturated carbocycles. The van der Waals surface area contributed by atoms with E-state index in [0.29, 0.717) is 26.4 Å². The van der Waals surface area contributed by atoms with E-state index < -0.39 is 12.0 Å². The molecule has 9 heteroatoms. The van der Waals surface area contributed by atoms with Crippen molar-refractivity contribution >= 4 is 35.0 Å². The Bertz CT molecular complexity index is 1730. The second-order valence-electron chi connectivity index (χ2n) is 9.81. The third-order valence-electron chi connectivity index (χ3n) is 7.19. The molecule has 0 N–H and O–H groups in total. The van der Waals surface area contributed by atoms with Gasteiger partial charge in [-0.1, -0.05) is 72.0 Å². The van der Waals surface area contributed by atoms with E-state index >= 15 is 0 Å². The Morgan fingerprint density at radius 3 is 2.42 bits per heavy atom. The van der Waals surface area contributed by atoms with Crippen LogP contribution in [0.2, 0.25) is 0 Å². The summed E-state index contributed by atoms with van der Waals surface area (Å²) in [5, 5.41) is 0. The summed E-state index contributed by atoms with van der Waals surface area (Å²) >= 11 is 1.29. The first-order valence-electron chi connectivity index (χ1n) is 13.4. The molecule has 1 saturated heterocycles. The number of likely N-dealkylation sites (N-methyl/N-ethyl adjacent to an activating group) is 1. The van der Waals surface area contributed by atoms with Crippen LogP contribution in [-0.2, 0) is 9.53 Å². The van der Waals surface area contributed by atoms with Gasteiger partial charge in [0.1, 0.15) is 5.76 Å². The van der Waals surface area contributed by atoms with Gasteiger partial charge in [0.2, 0.25) is 0 Å². The number of hydrogen-bond donors (Lipinski definition) is 0. The van der Waals surface area contributed by atoms with Crippen molar-refractivity contribution in [2.24, 2.45) is 4.99 Å². The lowest BCUT2D eigenvalue weighted by Crippen LogP contribution is -2.44. The Morgan fingerprint density at radius 2 is 1.73 bits per heavy atom. The fourth-order valence-electron chi connectivity index (χ4n) is 5.14. The van der Waals surface area contributed by atoms with Crippen molar-refractivity contribution in [1.82, 2.24) is 9.47 Å². The summed E-state index contributed by atoms with van der Waals surface area (Å²) in [7, 11) is 2.11. The highest BCUT2D eigenvalue weighted by molar-refractivity contribution is 7.07. The molecule has 0 aliphatic carbocycles. The smallest absolute Gasteiger partial charge is 0.338 e. The first-order chi connectivity index (χ1) is 19.5. The van der Waals surface area contributed by atoms with Gasteiger partial charge in [0, 0.05) is 43.9 Å². The molecule has 4 aromatic rings. The number of aromatic nitrogens is 1. The number of piperazine rings is 1. The lowest BCUT2D eigenvalue weighted by atomic mass is 9.93. The standard InChI is InChI=1S/C31H30N4O4S/c1-3-38-30(37)26-27(21-10-6-4-7-11-21)32-31-35(28(26)22-12-8-5-9-13-22)29(36)24(40-31)20-23-14-15-25(39-23)34-18-16-33(2)17-19-34/h4-15,20,28H,3,16-19H2,1-2H3/b24-20+/t28-/m1/s1. The highest BCUT2D eigenvalue weighted by Gasteiger charge is 2.35. The van der Waals surface area contributed by atoms with Gasteiger partial charge in [0.25, 0.3) is 5.56 Å². The Morgan fingerprint density at radius 1 is 1.02 bits per heavy atom. The SMILES string of the molecule is CCOC(=O)C1=C(c2ccccc2)N=c2s/c(=C/c3ccc(N4CCN(C)CC4)o3)c(=O)n2[C@@H]1c1ccccc1. The summed E-state index contributed by atoms with van der Waals surface area (Å²) in [5.74, 6) is 0.907. The van der Waals surface area contributed by atoms with Gasteiger partial charge in [-0.25, -0.2) is 9.79 Å². The van der Waals surface area contributed by atoms with Crippen LogP contribution in [0.25, 0.3) is 11.8 Å². The van der Waals surface area contributed by atoms with E-state index in [4.69, 9.17) is 14.1 Å². The molecule has 2 aliphatic heterocycles. The predicted octanol–water partition coefficient (Wildman–Crippen LogP) is 3.28. The summed E-state index contributed by atoms with van der Waals surface area (Å²) in [4.78, 5) is 37.3. The van der Waals surface area contributed by atoms with Crippen molar-refractivity contribution in [3.05, 3.63) is 115 Å². The van der Waals surface area contributed by atoms with E-state index in [-0.39, 0.29) is 12.2 Å². The van der Waals surface area contributed by atoms with Gasteiger partial charge in [0.15, 0.2) is 10.7 Å². The van der Waals surface area contributed by atoms with Gasteiger partial charge in [-0.3, -0.25) is 9.36 Å². The Balaban J connectivity index is 1.50. The molecule has 1 atom stereocenters. The summed E-state index contributed by atoms with van der Waals surface area (Å²) in [6, 6.07) is 22.3. The fourth-order valence-corrected chi connectivity index (χ4v) is 6.12. The predicted molar refractivity (Wildman–Crippen MR) is 156 cm³/mol. The van der Waals surface area contributed by atoms with Crippen molar-refractivity contribution in [1.29, 1.82) is 0 Å². The first-order valence-corrected chi connectivity index (χ1v) is 14.2. The molecule has 6 rings (SSSR count). The largest absolute Gasteiger partial charge is 0.463 e. The van der Waals surface area contributed by atoms with Crippen LogP contribution < -0.4 is 19.8 Å². The number of hydrogen-bond acceptors (Lipinski definition) is 8. The van der Waals surface area contributed by atoms with Crippen LogP contribution in [0.5, 0.6) is 0 Å². The maximum absolute atomic E-state index is 14.0. The van der Waals surface area contributed by atoms with Gasteiger partial charge in [0.05, 0.1) is 28.5 Å². The Kier molecular flexibility index (Phi) is 7.23. The molecular formula is C31H30N4O4S. The number of carbonyl (C=O) groups is 1. The maximum Gasteiger partial charge on any atom is 0.338 e. The lowest BCUT2D eigenvalue weighted by Gasteiger charge is -2.32. The number of esters is 1. The van der Waals surface area contributed by atoms with E-state index in [2.05, 4.69) is 16.8 Å². The number of rotatable bonds is 6. The van der Waals surface area contributed by atoms with E-state index in [1.165, 1.54) is 11.3 Å². The normalized spacial score (nSPS) is 18.0. The van der Waals surface area contributed by atoms with Crippen LogP contribution in [-0.4, -0.2) is 55.3 Å². The average Bonchev–Trinajstić information content (AvgIpc) is 3.58. The Hall–Kier alpha value is -4.21. The highest BCUT2D eigenvalue weighted by atomic mass is 32.1. The number of fused-ring (bicyclic) bond motifs is 1. The van der Waals surface area contributed by atoms with E-state index in [0.717, 1.165) is 43.2 Å². The molecule has 0 spiro atoms. The van der Waals surface area contributed by atoms with Crippen LogP contribution in [0.1, 0.15) is 29.9 Å². The Labute approximate surface area is 235 Å². The number of thiazole rings is 1. The van der Waals surface area contributed by atoms with Crippen molar-refractivity contribution in [3.8, 4) is 0 Å². The lowest BCUT2D eigenvalue weighted by molar-refractivity contribution is -0.138. The molecule has 1 fully saturated rings.